The maximum Gasteiger partial charge on any atom is 0.338 e. The van der Waals surface area contributed by atoms with Crippen LogP contribution >= 0.6 is 0 Å². The van der Waals surface area contributed by atoms with E-state index in [9.17, 15) is 24.0 Å². The van der Waals surface area contributed by atoms with Gasteiger partial charge in [-0.25, -0.2) is 4.79 Å². The van der Waals surface area contributed by atoms with Crippen LogP contribution in [0.1, 0.15) is 72.2 Å². The third kappa shape index (κ3) is 5.44. The van der Waals surface area contributed by atoms with Crippen molar-refractivity contribution in [2.24, 2.45) is 29.1 Å². The van der Waals surface area contributed by atoms with Crippen LogP contribution in [0.25, 0.3) is 0 Å². The van der Waals surface area contributed by atoms with Gasteiger partial charge in [-0.05, 0) is 44.9 Å². The second kappa shape index (κ2) is 11.9. The number of ether oxygens (including phenoxy) is 6. The van der Waals surface area contributed by atoms with Crippen LogP contribution in [0, 0.1) is 29.1 Å². The lowest BCUT2D eigenvalue weighted by molar-refractivity contribution is -0.207. The van der Waals surface area contributed by atoms with Crippen molar-refractivity contribution in [3.63, 3.8) is 0 Å². The summed E-state index contributed by atoms with van der Waals surface area (Å²) in [6.07, 6.45) is -0.538. The zero-order valence-corrected chi connectivity index (χ0v) is 27.9. The highest BCUT2D eigenvalue weighted by atomic mass is 16.6. The van der Waals surface area contributed by atoms with Crippen LogP contribution in [-0.4, -0.2) is 77.4 Å². The van der Waals surface area contributed by atoms with E-state index in [4.69, 9.17) is 28.4 Å². The van der Waals surface area contributed by atoms with E-state index in [0.717, 1.165) is 6.92 Å². The predicted octanol–water partition coefficient (Wildman–Crippen LogP) is 3.54. The smallest absolute Gasteiger partial charge is 0.338 e. The van der Waals surface area contributed by atoms with Crippen molar-refractivity contribution in [1.29, 1.82) is 0 Å². The maximum atomic E-state index is 15.4. The Balaban J connectivity index is 1.92. The minimum absolute atomic E-state index is 0.0977. The standard InChI is InChI=1S/C35H42O12/c1-18-16-35(46-22(5)39)26(27(18)44-21(4)38)29(45-30(40)23-12-10-9-11-13-23)34(17-42-19(2)36)25(43-20(3)37)15-14-24-28(34)33(8,31(35)41)47-32(24,6)7/h9-15,18,24-29H,16-17H2,1-8H3/t18-,24-,25+,26+,27-,28-,29+,33-,34+,35+/m1/s1. The Morgan fingerprint density at radius 2 is 1.49 bits per heavy atom. The summed E-state index contributed by atoms with van der Waals surface area (Å²) in [6, 6.07) is 8.11. The first kappa shape index (κ1) is 34.3. The molecule has 1 aliphatic heterocycles. The Morgan fingerprint density at radius 3 is 2.06 bits per heavy atom. The number of hydrogen-bond acceptors (Lipinski definition) is 12. The Bertz CT molecular complexity index is 1520. The van der Waals surface area contributed by atoms with Gasteiger partial charge in [0.15, 0.2) is 5.60 Å². The second-order valence-electron chi connectivity index (χ2n) is 13.9. The summed E-state index contributed by atoms with van der Waals surface area (Å²) in [7, 11) is 0. The lowest BCUT2D eigenvalue weighted by Gasteiger charge is -2.53. The predicted molar refractivity (Wildman–Crippen MR) is 162 cm³/mol. The lowest BCUT2D eigenvalue weighted by atomic mass is 9.54. The van der Waals surface area contributed by atoms with Gasteiger partial charge in [0.25, 0.3) is 0 Å². The summed E-state index contributed by atoms with van der Waals surface area (Å²) < 4.78 is 36.9. The number of fused-ring (bicyclic) bond motifs is 1. The Kier molecular flexibility index (Phi) is 8.66. The van der Waals surface area contributed by atoms with Crippen LogP contribution in [0.15, 0.2) is 42.5 Å². The molecule has 12 heteroatoms. The molecule has 3 aliphatic carbocycles. The molecule has 1 heterocycles. The van der Waals surface area contributed by atoms with E-state index in [0.29, 0.717) is 0 Å². The van der Waals surface area contributed by atoms with Crippen molar-refractivity contribution in [2.45, 2.75) is 96.9 Å². The molecule has 1 aromatic carbocycles. The Hall–Kier alpha value is -4.06. The van der Waals surface area contributed by atoms with Crippen molar-refractivity contribution >= 4 is 35.6 Å². The van der Waals surface area contributed by atoms with E-state index in [-0.39, 0.29) is 12.0 Å². The summed E-state index contributed by atoms with van der Waals surface area (Å²) in [5.41, 5.74) is -6.38. The zero-order valence-electron chi connectivity index (χ0n) is 27.9. The van der Waals surface area contributed by atoms with Crippen LogP contribution in [0.4, 0.5) is 0 Å². The van der Waals surface area contributed by atoms with Crippen molar-refractivity contribution in [3.8, 4) is 0 Å². The van der Waals surface area contributed by atoms with Crippen molar-refractivity contribution in [3.05, 3.63) is 48.0 Å². The molecular weight excluding hydrogens is 612 g/mol. The molecule has 0 bridgehead atoms. The van der Waals surface area contributed by atoms with E-state index in [1.807, 2.05) is 0 Å². The molecule has 1 saturated heterocycles. The molecule has 47 heavy (non-hydrogen) atoms. The van der Waals surface area contributed by atoms with Gasteiger partial charge in [-0.15, -0.1) is 0 Å². The summed E-state index contributed by atoms with van der Waals surface area (Å²) in [4.78, 5) is 80.4. The fraction of sp³-hybridized carbons (Fsp3) is 0.600. The normalized spacial score (nSPS) is 37.9. The van der Waals surface area contributed by atoms with E-state index >= 15 is 4.79 Å². The van der Waals surface area contributed by atoms with Gasteiger partial charge in [0.1, 0.15) is 30.5 Å². The summed E-state index contributed by atoms with van der Waals surface area (Å²) in [5, 5.41) is 0. The molecular formula is C35H42O12. The Labute approximate surface area is 273 Å². The number of rotatable bonds is 7. The van der Waals surface area contributed by atoms with Crippen molar-refractivity contribution in [1.82, 2.24) is 0 Å². The molecule has 254 valence electrons. The van der Waals surface area contributed by atoms with Crippen LogP contribution in [0.2, 0.25) is 0 Å². The van der Waals surface area contributed by atoms with E-state index in [1.165, 1.54) is 20.8 Å². The minimum Gasteiger partial charge on any atom is -0.465 e. The minimum atomic E-state index is -2.03. The third-order valence-corrected chi connectivity index (χ3v) is 10.3. The van der Waals surface area contributed by atoms with Crippen LogP contribution in [0.5, 0.6) is 0 Å². The molecule has 10 atom stereocenters. The fourth-order valence-corrected chi connectivity index (χ4v) is 9.02. The van der Waals surface area contributed by atoms with Crippen LogP contribution < -0.4 is 0 Å². The fourth-order valence-electron chi connectivity index (χ4n) is 9.02. The number of esters is 5. The number of hydrogen-bond donors (Lipinski definition) is 0. The molecule has 5 rings (SSSR count). The number of carbonyl (C=O) groups is 6. The van der Waals surface area contributed by atoms with E-state index < -0.39 is 106 Å². The molecule has 3 fully saturated rings. The van der Waals surface area contributed by atoms with Crippen molar-refractivity contribution < 1.29 is 57.2 Å². The van der Waals surface area contributed by atoms with Gasteiger partial charge < -0.3 is 28.4 Å². The average Bonchev–Trinajstić information content (AvgIpc) is 3.34. The van der Waals surface area contributed by atoms with Crippen molar-refractivity contribution in [2.75, 3.05) is 6.61 Å². The summed E-state index contributed by atoms with van der Waals surface area (Å²) in [6.45, 7) is 11.2. The van der Waals surface area contributed by atoms with Gasteiger partial charge in [-0.3, -0.25) is 24.0 Å². The monoisotopic (exact) mass is 654 g/mol. The van der Waals surface area contributed by atoms with Crippen LogP contribution in [-0.2, 0) is 52.4 Å². The molecule has 0 amide bonds. The molecule has 2 saturated carbocycles. The molecule has 0 unspecified atom stereocenters. The topological polar surface area (TPSA) is 158 Å². The van der Waals surface area contributed by atoms with Gasteiger partial charge in [-0.1, -0.05) is 31.2 Å². The summed E-state index contributed by atoms with van der Waals surface area (Å²) in [5.74, 6) is -7.73. The molecule has 1 aromatic rings. The second-order valence-corrected chi connectivity index (χ2v) is 13.9. The van der Waals surface area contributed by atoms with Gasteiger partial charge in [0.05, 0.1) is 22.5 Å². The number of benzene rings is 1. The quantitative estimate of drug-likeness (QED) is 0.240. The lowest BCUT2D eigenvalue weighted by Crippen LogP contribution is -2.64. The largest absolute Gasteiger partial charge is 0.465 e. The van der Waals surface area contributed by atoms with Gasteiger partial charge in [0, 0.05) is 46.0 Å². The van der Waals surface area contributed by atoms with E-state index in [2.05, 4.69) is 0 Å². The highest BCUT2D eigenvalue weighted by Gasteiger charge is 2.82. The zero-order chi connectivity index (χ0) is 34.7. The molecule has 0 spiro atoms. The highest BCUT2D eigenvalue weighted by Crippen LogP contribution is 2.67. The molecule has 0 aromatic heterocycles. The average molecular weight is 655 g/mol. The van der Waals surface area contributed by atoms with Crippen LogP contribution in [0.3, 0.4) is 0 Å². The maximum absolute atomic E-state index is 15.4. The number of carbonyl (C=O) groups excluding carboxylic acids is 6. The van der Waals surface area contributed by atoms with E-state index in [1.54, 1.807) is 70.2 Å². The number of ketones is 1. The SMILES string of the molecule is CC(=O)OC[C@]12[C@@H](OC(C)=O)C=C[C@@H]3[C@@H]1[C@@](C)(OC3(C)C)C(=O)[C@]1(OC(C)=O)C[C@@H](C)[C@@H](OC(C)=O)[C@H]1[C@@H]2OC(=O)c1ccccc1. The first-order valence-electron chi connectivity index (χ1n) is 15.8. The molecule has 12 nitrogen and oxygen atoms in total. The molecule has 0 N–H and O–H groups in total. The number of Topliss-reactive ketones (excluding diaryl/α,β-unsaturated/α-hetero) is 1. The molecule has 4 aliphatic rings. The first-order chi connectivity index (χ1) is 21.9. The first-order valence-corrected chi connectivity index (χ1v) is 15.8. The Morgan fingerprint density at radius 1 is 0.851 bits per heavy atom. The third-order valence-electron chi connectivity index (χ3n) is 10.3. The summed E-state index contributed by atoms with van der Waals surface area (Å²) >= 11 is 0. The van der Waals surface area contributed by atoms with Gasteiger partial charge >= 0.3 is 29.8 Å². The highest BCUT2D eigenvalue weighted by molar-refractivity contribution is 5.99. The van der Waals surface area contributed by atoms with Gasteiger partial charge in [-0.2, -0.15) is 0 Å². The van der Waals surface area contributed by atoms with Gasteiger partial charge in [0.2, 0.25) is 5.78 Å². The molecule has 0 radical (unpaired) electrons.